The minimum Gasteiger partial charge on any atom is -0.466 e. The van der Waals surface area contributed by atoms with Crippen molar-refractivity contribution < 1.29 is 9.53 Å². The van der Waals surface area contributed by atoms with Crippen molar-refractivity contribution in [1.29, 1.82) is 0 Å². The van der Waals surface area contributed by atoms with Gasteiger partial charge in [0.15, 0.2) is 0 Å². The normalized spacial score (nSPS) is 11.6. The molecule has 5 nitrogen and oxygen atoms in total. The molecule has 0 unspecified atom stereocenters. The van der Waals surface area contributed by atoms with Crippen LogP contribution >= 0.6 is 0 Å². The third-order valence-electron chi connectivity index (χ3n) is 11.9. The lowest BCUT2D eigenvalue weighted by molar-refractivity contribution is -0.143. The van der Waals surface area contributed by atoms with Gasteiger partial charge in [0.05, 0.1) is 6.61 Å². The largest absolute Gasteiger partial charge is 0.466 e. The number of unbranched alkanes of at least 4 members (excludes halogenated alkanes) is 22. The predicted molar refractivity (Wildman–Crippen MR) is 339 cm³/mol. The fraction of sp³-hybridized carbons (Fsp3) is 0.985. The summed E-state index contributed by atoms with van der Waals surface area (Å²) >= 11 is 0. The summed E-state index contributed by atoms with van der Waals surface area (Å²) in [5, 5.41) is 0. The van der Waals surface area contributed by atoms with Crippen LogP contribution in [-0.2, 0) is 9.53 Å². The van der Waals surface area contributed by atoms with Crippen molar-refractivity contribution in [1.82, 2.24) is 14.7 Å². The number of esters is 1. The zero-order valence-corrected chi connectivity index (χ0v) is 55.1. The van der Waals surface area contributed by atoms with Gasteiger partial charge in [-0.3, -0.25) is 4.79 Å². The van der Waals surface area contributed by atoms with Crippen LogP contribution in [0.2, 0.25) is 0 Å². The fourth-order valence-electron chi connectivity index (χ4n) is 8.13. The van der Waals surface area contributed by atoms with Crippen molar-refractivity contribution in [2.24, 2.45) is 5.92 Å². The van der Waals surface area contributed by atoms with Gasteiger partial charge >= 0.3 is 5.97 Å². The molecule has 0 saturated carbocycles. The van der Waals surface area contributed by atoms with E-state index in [0.717, 1.165) is 18.8 Å². The summed E-state index contributed by atoms with van der Waals surface area (Å²) < 4.78 is 4.81. The predicted octanol–water partition coefficient (Wildman–Crippen LogP) is 23.0. The summed E-state index contributed by atoms with van der Waals surface area (Å²) in [7, 11) is 0. The molecule has 1 heterocycles. The van der Waals surface area contributed by atoms with Crippen molar-refractivity contribution in [3.8, 4) is 0 Å². The highest BCUT2D eigenvalue weighted by atomic mass is 16.5. The van der Waals surface area contributed by atoms with Gasteiger partial charge in [-0.25, -0.2) is 0 Å². The van der Waals surface area contributed by atoms with Crippen LogP contribution in [0.3, 0.4) is 0 Å². The van der Waals surface area contributed by atoms with Gasteiger partial charge < -0.3 is 19.4 Å². The molecule has 1 rings (SSSR count). The molecule has 0 spiro atoms. The van der Waals surface area contributed by atoms with Gasteiger partial charge in [0.2, 0.25) is 0 Å². The first-order valence-corrected chi connectivity index (χ1v) is 33.5. The van der Waals surface area contributed by atoms with E-state index < -0.39 is 0 Å². The Morgan fingerprint density at radius 3 is 0.944 bits per heavy atom. The molecular weight excluding hydrogens is 879 g/mol. The minimum atomic E-state index is -0.0472. The van der Waals surface area contributed by atoms with E-state index in [1.807, 2.05) is 48.5 Å². The monoisotopic (exact) mass is 1030 g/mol. The van der Waals surface area contributed by atoms with E-state index in [-0.39, 0.29) is 5.97 Å². The maximum Gasteiger partial charge on any atom is 0.305 e. The van der Waals surface area contributed by atoms with Gasteiger partial charge in [-0.1, -0.05) is 311 Å². The summed E-state index contributed by atoms with van der Waals surface area (Å²) in [5.74, 6) is 0.955. The summed E-state index contributed by atoms with van der Waals surface area (Å²) in [6, 6.07) is 0. The second kappa shape index (κ2) is 92.9. The lowest BCUT2D eigenvalue weighted by atomic mass is 9.92. The quantitative estimate of drug-likeness (QED) is 0.0453. The molecule has 0 atom stereocenters. The lowest BCUT2D eigenvalue weighted by Gasteiger charge is -2.34. The molecule has 72 heavy (non-hydrogen) atoms. The van der Waals surface area contributed by atoms with Crippen molar-refractivity contribution in [2.45, 2.75) is 363 Å². The highest BCUT2D eigenvalue weighted by Gasteiger charge is 2.19. The van der Waals surface area contributed by atoms with Crippen LogP contribution in [0.5, 0.6) is 0 Å². The third-order valence-corrected chi connectivity index (χ3v) is 11.9. The number of carbonyl (C=O) groups excluding carboxylic acids is 1. The molecule has 1 fully saturated rings. The van der Waals surface area contributed by atoms with Crippen LogP contribution in [0.15, 0.2) is 0 Å². The third kappa shape index (κ3) is 92.0. The first-order valence-electron chi connectivity index (χ1n) is 33.5. The highest BCUT2D eigenvalue weighted by Crippen LogP contribution is 2.21. The molecule has 0 aromatic carbocycles. The summed E-state index contributed by atoms with van der Waals surface area (Å²) in [5.41, 5.74) is 0. The van der Waals surface area contributed by atoms with Crippen LogP contribution in [-0.4, -0.2) is 86.2 Å². The Kier molecular flexibility index (Phi) is 114. The number of hydrogen-bond acceptors (Lipinski definition) is 5. The molecular formula is C67H151N3O2. The standard InChI is InChI=1S/C39H81N3.C10H20O2.4C3H8.3C2H6/c1-5-9-12-15-18-21-24-30-40(31-25-22-19-16-13-10-6-2)35-36-41(32-26-23-20-17-14-11-7-3)37-38-42-33-28-39(27-8-4)29-34-42;1-3-5-6-7-8-9-10(11)12-4-2;4*1-3-2;3*1-2/h39H,5-38H2,1-4H3;3-9H2,1-2H3;4*3H2,1-2H3;3*1-2H3. The van der Waals surface area contributed by atoms with E-state index >= 15 is 0 Å². The molecule has 5 heteroatoms. The van der Waals surface area contributed by atoms with Crippen molar-refractivity contribution in [3.05, 3.63) is 0 Å². The second-order valence-corrected chi connectivity index (χ2v) is 19.9. The average molecular weight is 1030 g/mol. The first kappa shape index (κ1) is 88.0. The maximum atomic E-state index is 10.9. The number of ether oxygens (including phenoxy) is 1. The van der Waals surface area contributed by atoms with Crippen LogP contribution < -0.4 is 0 Å². The Labute approximate surface area is 462 Å². The maximum absolute atomic E-state index is 10.9. The Morgan fingerprint density at radius 2 is 0.653 bits per heavy atom. The summed E-state index contributed by atoms with van der Waals surface area (Å²) in [4.78, 5) is 19.4. The molecule has 446 valence electrons. The molecule has 0 radical (unpaired) electrons. The van der Waals surface area contributed by atoms with E-state index in [1.54, 1.807) is 0 Å². The molecule has 0 aromatic heterocycles. The number of hydrogen-bond donors (Lipinski definition) is 0. The Hall–Kier alpha value is -0.650. The van der Waals surface area contributed by atoms with Gasteiger partial charge in [0.25, 0.3) is 0 Å². The van der Waals surface area contributed by atoms with E-state index in [0.29, 0.717) is 13.0 Å². The van der Waals surface area contributed by atoms with Crippen LogP contribution in [0.25, 0.3) is 0 Å². The van der Waals surface area contributed by atoms with Gasteiger partial charge in [-0.05, 0) is 84.1 Å². The molecule has 0 aliphatic carbocycles. The number of carbonyl (C=O) groups is 1. The van der Waals surface area contributed by atoms with E-state index in [1.165, 1.54) is 264 Å². The van der Waals surface area contributed by atoms with Crippen molar-refractivity contribution in [3.63, 3.8) is 0 Å². The summed E-state index contributed by atoms with van der Waals surface area (Å²) in [6.07, 6.45) is 47.1. The summed E-state index contributed by atoms with van der Waals surface area (Å²) in [6.45, 7) is 54.7. The van der Waals surface area contributed by atoms with Gasteiger partial charge in [0.1, 0.15) is 0 Å². The molecule has 1 aliphatic heterocycles. The van der Waals surface area contributed by atoms with E-state index in [2.05, 4.69) is 105 Å². The Bertz CT molecular complexity index is 761. The molecule has 0 bridgehead atoms. The number of nitrogens with zero attached hydrogens (tertiary/aromatic N) is 3. The smallest absolute Gasteiger partial charge is 0.305 e. The minimum absolute atomic E-state index is 0.0472. The van der Waals surface area contributed by atoms with Crippen molar-refractivity contribution >= 4 is 5.97 Å². The second-order valence-electron chi connectivity index (χ2n) is 19.9. The van der Waals surface area contributed by atoms with Gasteiger partial charge in [-0.2, -0.15) is 0 Å². The average Bonchev–Trinajstić information content (AvgIpc) is 3.39. The van der Waals surface area contributed by atoms with Crippen LogP contribution in [0.4, 0.5) is 0 Å². The molecule has 0 amide bonds. The zero-order chi connectivity index (χ0) is 56.4. The molecule has 1 aliphatic rings. The van der Waals surface area contributed by atoms with Crippen molar-refractivity contribution in [2.75, 3.05) is 65.5 Å². The van der Waals surface area contributed by atoms with Crippen LogP contribution in [0, 0.1) is 5.92 Å². The first-order chi connectivity index (χ1) is 35.2. The SMILES string of the molecule is CC.CC.CC.CCC.CCC.CCC.CCC.CCCCCCCC(=O)OCC.CCCCCCCCCN(CCCCCCCCC)CCN(CCCCCCCCC)CCN1CCC(CCC)CC1. The lowest BCUT2D eigenvalue weighted by Crippen LogP contribution is -2.42. The molecule has 0 N–H and O–H groups in total. The number of rotatable bonds is 39. The number of likely N-dealkylation sites (tertiary alicyclic amines) is 1. The zero-order valence-electron chi connectivity index (χ0n) is 55.1. The van der Waals surface area contributed by atoms with E-state index in [9.17, 15) is 4.79 Å². The highest BCUT2D eigenvalue weighted by molar-refractivity contribution is 5.69. The molecule has 0 aromatic rings. The molecule has 1 saturated heterocycles. The van der Waals surface area contributed by atoms with Gasteiger partial charge in [0, 0.05) is 32.6 Å². The number of piperidine rings is 1. The topological polar surface area (TPSA) is 36.0 Å². The van der Waals surface area contributed by atoms with E-state index in [4.69, 9.17) is 4.74 Å². The Balaban J connectivity index is -0.000000186. The fourth-order valence-corrected chi connectivity index (χ4v) is 8.13. The van der Waals surface area contributed by atoms with Gasteiger partial charge in [-0.15, -0.1) is 0 Å². The Morgan fingerprint density at radius 1 is 0.375 bits per heavy atom. The van der Waals surface area contributed by atoms with Crippen LogP contribution in [0.1, 0.15) is 363 Å².